The van der Waals surface area contributed by atoms with Crippen LogP contribution in [0.2, 0.25) is 0 Å². The van der Waals surface area contributed by atoms with Gasteiger partial charge in [-0.25, -0.2) is 0 Å². The minimum absolute atomic E-state index is 0.00268. The van der Waals surface area contributed by atoms with E-state index in [4.69, 9.17) is 18.9 Å². The lowest BCUT2D eigenvalue weighted by atomic mass is 9.94. The molecule has 1 aromatic carbocycles. The highest BCUT2D eigenvalue weighted by atomic mass is 16.7. The van der Waals surface area contributed by atoms with E-state index in [-0.39, 0.29) is 18.6 Å². The van der Waals surface area contributed by atoms with E-state index in [9.17, 15) is 10.2 Å². The van der Waals surface area contributed by atoms with Crippen molar-refractivity contribution in [3.63, 3.8) is 0 Å². The summed E-state index contributed by atoms with van der Waals surface area (Å²) >= 11 is 0. The van der Waals surface area contributed by atoms with Crippen molar-refractivity contribution in [3.05, 3.63) is 29.8 Å². The smallest absolute Gasteiger partial charge is 0.163 e. The summed E-state index contributed by atoms with van der Waals surface area (Å²) in [4.78, 5) is 0. The summed E-state index contributed by atoms with van der Waals surface area (Å²) in [6.45, 7) is 6.30. The zero-order valence-corrected chi connectivity index (χ0v) is 15.5. The Morgan fingerprint density at radius 2 is 1.96 bits per heavy atom. The zero-order chi connectivity index (χ0) is 18.4. The lowest BCUT2D eigenvalue weighted by Gasteiger charge is -2.29. The van der Waals surface area contributed by atoms with Crippen LogP contribution in [0.1, 0.15) is 32.8 Å². The van der Waals surface area contributed by atoms with Crippen LogP contribution in [0.3, 0.4) is 0 Å². The van der Waals surface area contributed by atoms with E-state index in [1.54, 1.807) is 7.11 Å². The second-order valence-electron chi connectivity index (χ2n) is 7.04. The van der Waals surface area contributed by atoms with Crippen LogP contribution in [0.4, 0.5) is 0 Å². The van der Waals surface area contributed by atoms with Crippen molar-refractivity contribution in [1.29, 1.82) is 0 Å². The molecule has 1 fully saturated rings. The van der Waals surface area contributed by atoms with E-state index in [2.05, 4.69) is 0 Å². The van der Waals surface area contributed by atoms with Crippen LogP contribution in [0.15, 0.2) is 24.3 Å². The first kappa shape index (κ1) is 20.1. The van der Waals surface area contributed by atoms with Gasteiger partial charge in [0, 0.05) is 0 Å². The van der Waals surface area contributed by atoms with E-state index in [1.165, 1.54) is 0 Å². The molecule has 1 heterocycles. The summed E-state index contributed by atoms with van der Waals surface area (Å²) in [5.41, 5.74) is 0.977. The molecule has 1 aliphatic rings. The molecule has 2 N–H and O–H groups in total. The topological polar surface area (TPSA) is 77.4 Å². The van der Waals surface area contributed by atoms with Crippen molar-refractivity contribution in [2.24, 2.45) is 5.92 Å². The molecule has 6 heteroatoms. The standard InChI is InChI=1S/C19H30O6/c1-13(9-16-12-24-19(2,3)25-16)18(17(21)10-20)23-11-14-5-7-15(22-4)8-6-14/h5-8,13,16-18,20-21H,9-12H2,1-4H3/t13-,16-,17-,18+/m1/s1. The summed E-state index contributed by atoms with van der Waals surface area (Å²) in [5.74, 6) is 0.215. The van der Waals surface area contributed by atoms with Gasteiger partial charge >= 0.3 is 0 Å². The van der Waals surface area contributed by atoms with Crippen molar-refractivity contribution in [2.75, 3.05) is 20.3 Å². The molecule has 1 aliphatic heterocycles. The maximum atomic E-state index is 10.2. The third kappa shape index (κ3) is 5.94. The molecule has 0 bridgehead atoms. The van der Waals surface area contributed by atoms with E-state index in [0.717, 1.165) is 11.3 Å². The van der Waals surface area contributed by atoms with E-state index >= 15 is 0 Å². The number of hydrogen-bond donors (Lipinski definition) is 2. The Morgan fingerprint density at radius 3 is 2.48 bits per heavy atom. The third-order valence-corrected chi connectivity index (χ3v) is 4.43. The fourth-order valence-electron chi connectivity index (χ4n) is 3.10. The lowest BCUT2D eigenvalue weighted by molar-refractivity contribution is -0.144. The van der Waals surface area contributed by atoms with E-state index < -0.39 is 18.0 Å². The Hall–Kier alpha value is -1.18. The average Bonchev–Trinajstić information content (AvgIpc) is 2.93. The molecule has 6 nitrogen and oxygen atoms in total. The maximum absolute atomic E-state index is 10.2. The highest BCUT2D eigenvalue weighted by Gasteiger charge is 2.36. The van der Waals surface area contributed by atoms with Gasteiger partial charge in [-0.1, -0.05) is 19.1 Å². The predicted molar refractivity (Wildman–Crippen MR) is 93.3 cm³/mol. The molecule has 0 spiro atoms. The van der Waals surface area contributed by atoms with Gasteiger partial charge in [-0.3, -0.25) is 0 Å². The Balaban J connectivity index is 1.92. The lowest BCUT2D eigenvalue weighted by Crippen LogP contribution is -2.39. The van der Waals surface area contributed by atoms with Gasteiger partial charge in [-0.05, 0) is 43.9 Å². The van der Waals surface area contributed by atoms with Crippen LogP contribution in [-0.4, -0.2) is 54.6 Å². The fourth-order valence-corrected chi connectivity index (χ4v) is 3.10. The Kier molecular flexibility index (Phi) is 7.22. The number of hydrogen-bond acceptors (Lipinski definition) is 6. The molecular weight excluding hydrogens is 324 g/mol. The van der Waals surface area contributed by atoms with Crippen molar-refractivity contribution in [2.45, 2.75) is 57.9 Å². The minimum Gasteiger partial charge on any atom is -0.497 e. The number of aliphatic hydroxyl groups excluding tert-OH is 2. The van der Waals surface area contributed by atoms with Crippen LogP contribution < -0.4 is 4.74 Å². The normalized spacial score (nSPS) is 23.2. The van der Waals surface area contributed by atoms with Gasteiger partial charge in [0.05, 0.1) is 39.1 Å². The van der Waals surface area contributed by atoms with Gasteiger partial charge in [0.1, 0.15) is 11.9 Å². The molecule has 0 radical (unpaired) electrons. The van der Waals surface area contributed by atoms with Crippen LogP contribution in [0.5, 0.6) is 5.75 Å². The van der Waals surface area contributed by atoms with Crippen LogP contribution in [-0.2, 0) is 20.8 Å². The second-order valence-corrected chi connectivity index (χ2v) is 7.04. The Labute approximate surface area is 149 Å². The molecular formula is C19H30O6. The largest absolute Gasteiger partial charge is 0.497 e. The van der Waals surface area contributed by atoms with Gasteiger partial charge < -0.3 is 29.2 Å². The molecule has 0 aliphatic carbocycles. The number of methoxy groups -OCH3 is 1. The van der Waals surface area contributed by atoms with E-state index in [0.29, 0.717) is 19.6 Å². The SMILES string of the molecule is COc1ccc(CO[C@@H]([C@H](C)C[C@@H]2COC(C)(C)O2)[C@H](O)CO)cc1. The summed E-state index contributed by atoms with van der Waals surface area (Å²) < 4.78 is 22.5. The molecule has 0 unspecified atom stereocenters. The minimum atomic E-state index is -0.941. The number of rotatable bonds is 9. The molecule has 2 rings (SSSR count). The molecule has 0 amide bonds. The first-order valence-electron chi connectivity index (χ1n) is 8.70. The highest BCUT2D eigenvalue weighted by molar-refractivity contribution is 5.26. The summed E-state index contributed by atoms with van der Waals surface area (Å²) in [6, 6.07) is 7.57. The first-order chi connectivity index (χ1) is 11.8. The number of benzene rings is 1. The van der Waals surface area contributed by atoms with Crippen LogP contribution in [0.25, 0.3) is 0 Å². The first-order valence-corrected chi connectivity index (χ1v) is 8.70. The van der Waals surface area contributed by atoms with Crippen molar-refractivity contribution in [1.82, 2.24) is 0 Å². The van der Waals surface area contributed by atoms with E-state index in [1.807, 2.05) is 45.0 Å². The molecule has 142 valence electrons. The Morgan fingerprint density at radius 1 is 1.28 bits per heavy atom. The third-order valence-electron chi connectivity index (χ3n) is 4.43. The molecule has 25 heavy (non-hydrogen) atoms. The molecule has 1 aromatic rings. The fraction of sp³-hybridized carbons (Fsp3) is 0.684. The van der Waals surface area contributed by atoms with Gasteiger partial charge in [0.2, 0.25) is 0 Å². The van der Waals surface area contributed by atoms with Crippen LogP contribution >= 0.6 is 0 Å². The van der Waals surface area contributed by atoms with Gasteiger partial charge in [-0.2, -0.15) is 0 Å². The number of aliphatic hydroxyl groups is 2. The maximum Gasteiger partial charge on any atom is 0.163 e. The predicted octanol–water partition coefficient (Wildman–Crippen LogP) is 2.11. The number of ether oxygens (including phenoxy) is 4. The highest BCUT2D eigenvalue weighted by Crippen LogP contribution is 2.28. The summed E-state index contributed by atoms with van der Waals surface area (Å²) in [7, 11) is 1.62. The monoisotopic (exact) mass is 354 g/mol. The van der Waals surface area contributed by atoms with Crippen molar-refractivity contribution >= 4 is 0 Å². The van der Waals surface area contributed by atoms with Crippen molar-refractivity contribution in [3.8, 4) is 5.75 Å². The molecule has 4 atom stereocenters. The zero-order valence-electron chi connectivity index (χ0n) is 15.5. The Bertz CT molecular complexity index is 515. The summed E-state index contributed by atoms with van der Waals surface area (Å²) in [5, 5.41) is 19.5. The molecule has 1 saturated heterocycles. The van der Waals surface area contributed by atoms with Crippen molar-refractivity contribution < 1.29 is 29.2 Å². The van der Waals surface area contributed by atoms with Gasteiger partial charge in [0.25, 0.3) is 0 Å². The van der Waals surface area contributed by atoms with Gasteiger partial charge in [-0.15, -0.1) is 0 Å². The van der Waals surface area contributed by atoms with Crippen LogP contribution in [0, 0.1) is 5.92 Å². The van der Waals surface area contributed by atoms with Gasteiger partial charge in [0.15, 0.2) is 5.79 Å². The second kappa shape index (κ2) is 8.96. The average molecular weight is 354 g/mol. The molecule has 0 saturated carbocycles. The summed E-state index contributed by atoms with van der Waals surface area (Å²) in [6.07, 6.45) is -0.778. The quantitative estimate of drug-likeness (QED) is 0.707. The molecule has 0 aromatic heterocycles.